The van der Waals surface area contributed by atoms with Crippen LogP contribution >= 0.6 is 0 Å². The van der Waals surface area contributed by atoms with Crippen molar-refractivity contribution in [3.63, 3.8) is 0 Å². The van der Waals surface area contributed by atoms with Gasteiger partial charge in [0, 0.05) is 28.4 Å². The highest BCUT2D eigenvalue weighted by Crippen LogP contribution is 2.62. The second-order valence-electron chi connectivity index (χ2n) is 10.3. The second kappa shape index (κ2) is 8.40. The van der Waals surface area contributed by atoms with Crippen molar-refractivity contribution in [3.05, 3.63) is 42.3 Å². The number of benzene rings is 1. The van der Waals surface area contributed by atoms with E-state index in [-0.39, 0.29) is 18.6 Å². The van der Waals surface area contributed by atoms with Gasteiger partial charge in [-0.3, -0.25) is 0 Å². The van der Waals surface area contributed by atoms with Crippen LogP contribution in [0, 0.1) is 17.8 Å². The average molecular weight is 439 g/mol. The van der Waals surface area contributed by atoms with E-state index in [4.69, 9.17) is 14.2 Å². The Kier molecular flexibility index (Phi) is 5.40. The highest BCUT2D eigenvalue weighted by molar-refractivity contribution is 5.87. The summed E-state index contributed by atoms with van der Waals surface area (Å²) in [6.45, 7) is 1.93. The third-order valence-corrected chi connectivity index (χ3v) is 8.29. The van der Waals surface area contributed by atoms with Crippen molar-refractivity contribution in [2.45, 2.75) is 62.7 Å². The molecular formula is C26H34N2O4. The number of fused-ring (bicyclic) bond motifs is 1. The number of rotatable bonds is 8. The lowest BCUT2D eigenvalue weighted by Gasteiger charge is -2.61. The predicted octanol–water partition coefficient (Wildman–Crippen LogP) is 4.77. The summed E-state index contributed by atoms with van der Waals surface area (Å²) in [6.07, 6.45) is 11.7. The zero-order valence-corrected chi connectivity index (χ0v) is 18.6. The number of H-pyrrole nitrogens is 1. The van der Waals surface area contributed by atoms with Crippen molar-refractivity contribution < 1.29 is 19.3 Å². The fraction of sp³-hybridized carbons (Fsp3) is 0.615. The summed E-state index contributed by atoms with van der Waals surface area (Å²) >= 11 is 0. The van der Waals surface area contributed by atoms with Gasteiger partial charge in [-0.15, -0.1) is 0 Å². The summed E-state index contributed by atoms with van der Waals surface area (Å²) in [5.74, 6) is 3.16. The fourth-order valence-electron chi connectivity index (χ4n) is 7.37. The minimum Gasteiger partial charge on any atom is -0.505 e. The van der Waals surface area contributed by atoms with Crippen LogP contribution < -0.4 is 5.32 Å². The minimum atomic E-state index is -0.283. The van der Waals surface area contributed by atoms with E-state index >= 15 is 0 Å². The Morgan fingerprint density at radius 3 is 2.75 bits per heavy atom. The third kappa shape index (κ3) is 3.62. The number of aromatic nitrogens is 1. The first-order chi connectivity index (χ1) is 15.7. The van der Waals surface area contributed by atoms with Crippen LogP contribution in [0.1, 0.15) is 56.6 Å². The Morgan fingerprint density at radius 1 is 1.12 bits per heavy atom. The highest BCUT2D eigenvalue weighted by atomic mass is 16.8. The Morgan fingerprint density at radius 2 is 1.97 bits per heavy atom. The molecule has 1 aliphatic heterocycles. The SMILES string of the molecule is Oc1c(C2C3CC4CC(C3)CC2(NCCCCOC2C=COCO2)C4)[nH]c2ccccc12. The molecule has 4 saturated carbocycles. The quantitative estimate of drug-likeness (QED) is 0.518. The molecule has 3 N–H and O–H groups in total. The van der Waals surface area contributed by atoms with Crippen LogP contribution in [0.4, 0.5) is 0 Å². The maximum Gasteiger partial charge on any atom is 0.191 e. The van der Waals surface area contributed by atoms with Crippen LogP contribution in [0.3, 0.4) is 0 Å². The maximum absolute atomic E-state index is 11.2. The van der Waals surface area contributed by atoms with Crippen LogP contribution in [0.2, 0.25) is 0 Å². The number of aromatic hydroxyl groups is 1. The van der Waals surface area contributed by atoms with Gasteiger partial charge in [-0.25, -0.2) is 0 Å². The van der Waals surface area contributed by atoms with Crippen molar-refractivity contribution in [3.8, 4) is 5.75 Å². The van der Waals surface area contributed by atoms with Gasteiger partial charge < -0.3 is 29.6 Å². The highest BCUT2D eigenvalue weighted by Gasteiger charge is 2.58. The summed E-state index contributed by atoms with van der Waals surface area (Å²) in [7, 11) is 0. The van der Waals surface area contributed by atoms with Gasteiger partial charge in [-0.1, -0.05) is 12.1 Å². The second-order valence-corrected chi connectivity index (χ2v) is 10.3. The lowest BCUT2D eigenvalue weighted by Crippen LogP contribution is -2.63. The molecule has 0 radical (unpaired) electrons. The molecule has 6 heteroatoms. The molecule has 0 saturated heterocycles. The molecule has 2 aromatic rings. The third-order valence-electron chi connectivity index (χ3n) is 8.29. The molecule has 5 aliphatic rings. The molecule has 172 valence electrons. The van der Waals surface area contributed by atoms with E-state index < -0.39 is 0 Å². The molecule has 4 unspecified atom stereocenters. The van der Waals surface area contributed by atoms with Gasteiger partial charge >= 0.3 is 0 Å². The number of ether oxygens (including phenoxy) is 3. The zero-order chi connectivity index (χ0) is 21.5. The summed E-state index contributed by atoms with van der Waals surface area (Å²) < 4.78 is 16.2. The number of aromatic amines is 1. The van der Waals surface area contributed by atoms with Crippen molar-refractivity contribution in [1.82, 2.24) is 10.3 Å². The molecule has 4 fully saturated rings. The Balaban J connectivity index is 1.15. The predicted molar refractivity (Wildman–Crippen MR) is 122 cm³/mol. The molecule has 4 aliphatic carbocycles. The fourth-order valence-corrected chi connectivity index (χ4v) is 7.37. The van der Waals surface area contributed by atoms with Gasteiger partial charge in [-0.05, 0) is 81.4 Å². The zero-order valence-electron chi connectivity index (χ0n) is 18.6. The number of hydrogen-bond acceptors (Lipinski definition) is 5. The molecule has 1 aromatic heterocycles. The van der Waals surface area contributed by atoms with E-state index in [0.29, 0.717) is 24.2 Å². The van der Waals surface area contributed by atoms with Gasteiger partial charge in [0.15, 0.2) is 13.1 Å². The Labute approximate surface area is 189 Å². The summed E-state index contributed by atoms with van der Waals surface area (Å²) in [6, 6.07) is 8.15. The van der Waals surface area contributed by atoms with Crippen LogP contribution in [0.25, 0.3) is 10.9 Å². The van der Waals surface area contributed by atoms with E-state index in [1.807, 2.05) is 18.2 Å². The van der Waals surface area contributed by atoms with Crippen LogP contribution in [0.15, 0.2) is 36.6 Å². The summed E-state index contributed by atoms with van der Waals surface area (Å²) in [5, 5.41) is 16.1. The van der Waals surface area contributed by atoms with E-state index in [2.05, 4.69) is 16.4 Å². The molecular weight excluding hydrogens is 404 g/mol. The van der Waals surface area contributed by atoms with Crippen molar-refractivity contribution in [1.29, 1.82) is 0 Å². The summed E-state index contributed by atoms with van der Waals surface area (Å²) in [5.41, 5.74) is 2.21. The Hall–Kier alpha value is -2.02. The molecule has 0 spiro atoms. The van der Waals surface area contributed by atoms with Gasteiger partial charge in [0.2, 0.25) is 0 Å². The van der Waals surface area contributed by atoms with Gasteiger partial charge in [0.05, 0.1) is 18.6 Å². The topological polar surface area (TPSA) is 75.7 Å². The molecule has 0 amide bonds. The first-order valence-corrected chi connectivity index (χ1v) is 12.3. The molecule has 32 heavy (non-hydrogen) atoms. The van der Waals surface area contributed by atoms with E-state index in [0.717, 1.165) is 47.8 Å². The van der Waals surface area contributed by atoms with E-state index in [1.54, 1.807) is 12.3 Å². The molecule has 6 nitrogen and oxygen atoms in total. The normalized spacial score (nSPS) is 35.4. The van der Waals surface area contributed by atoms with Gasteiger partial charge in [-0.2, -0.15) is 0 Å². The smallest absolute Gasteiger partial charge is 0.191 e. The maximum atomic E-state index is 11.2. The van der Waals surface area contributed by atoms with Crippen molar-refractivity contribution >= 4 is 10.9 Å². The molecule has 4 bridgehead atoms. The van der Waals surface area contributed by atoms with Gasteiger partial charge in [0.25, 0.3) is 0 Å². The van der Waals surface area contributed by atoms with Gasteiger partial charge in [0.1, 0.15) is 5.75 Å². The molecule has 7 rings (SSSR count). The largest absolute Gasteiger partial charge is 0.505 e. The average Bonchev–Trinajstić information content (AvgIpc) is 3.12. The number of para-hydroxylation sites is 1. The Bertz CT molecular complexity index is 971. The van der Waals surface area contributed by atoms with E-state index in [9.17, 15) is 5.11 Å². The molecule has 4 atom stereocenters. The van der Waals surface area contributed by atoms with Crippen LogP contribution in [-0.4, -0.2) is 41.9 Å². The van der Waals surface area contributed by atoms with Crippen molar-refractivity contribution in [2.75, 3.05) is 19.9 Å². The number of nitrogens with one attached hydrogen (secondary N) is 2. The molecule has 1 aromatic carbocycles. The standard InChI is InChI=1S/C26H34N2O4/c29-25-20-5-1-2-6-21(20)28-24(25)23-19-12-17-11-18(13-19)15-26(23,14-17)27-8-3-4-9-31-22-7-10-30-16-32-22/h1-2,5-7,10,17-19,22-23,27-29H,3-4,8-9,11-16H2. The summed E-state index contributed by atoms with van der Waals surface area (Å²) in [4.78, 5) is 3.62. The van der Waals surface area contributed by atoms with Crippen LogP contribution in [-0.2, 0) is 14.2 Å². The lowest BCUT2D eigenvalue weighted by atomic mass is 9.47. The first-order valence-electron chi connectivity index (χ1n) is 12.3. The first kappa shape index (κ1) is 20.6. The monoisotopic (exact) mass is 438 g/mol. The van der Waals surface area contributed by atoms with Crippen LogP contribution in [0.5, 0.6) is 5.75 Å². The minimum absolute atomic E-state index is 0.0977. The molecule has 2 heterocycles. The lowest BCUT2D eigenvalue weighted by molar-refractivity contribution is -0.172. The number of unbranched alkanes of at least 4 members (excludes halogenated alkanes) is 1. The number of hydrogen-bond donors (Lipinski definition) is 3. The van der Waals surface area contributed by atoms with Crippen molar-refractivity contribution in [2.24, 2.45) is 17.8 Å². The van der Waals surface area contributed by atoms with E-state index in [1.165, 1.54) is 32.1 Å².